The van der Waals surface area contributed by atoms with Gasteiger partial charge in [0.2, 0.25) is 47.3 Å². The van der Waals surface area contributed by atoms with Gasteiger partial charge in [-0.25, -0.2) is 4.98 Å². The third-order valence-electron chi connectivity index (χ3n) is 13.7. The number of carboxylic acid groups (broad SMARTS) is 2. The topological polar surface area (TPSA) is 402 Å². The summed E-state index contributed by atoms with van der Waals surface area (Å²) < 4.78 is 0. The van der Waals surface area contributed by atoms with Gasteiger partial charge in [0.15, 0.2) is 0 Å². The summed E-state index contributed by atoms with van der Waals surface area (Å²) in [6.07, 6.45) is 0.704. The summed E-state index contributed by atoms with van der Waals surface area (Å²) in [4.78, 5) is 156. The molecule has 78 heavy (non-hydrogen) atoms. The summed E-state index contributed by atoms with van der Waals surface area (Å²) in [5.74, 6) is -10.3. The second kappa shape index (κ2) is 28.8. The van der Waals surface area contributed by atoms with Crippen molar-refractivity contribution in [1.29, 1.82) is 0 Å². The molecule has 2 aliphatic rings. The van der Waals surface area contributed by atoms with E-state index in [1.54, 1.807) is 37.3 Å². The number of benzene rings is 2. The number of phenols is 1. The molecule has 26 heteroatoms. The number of H-pyrrole nitrogens is 1. The van der Waals surface area contributed by atoms with Crippen molar-refractivity contribution in [3.8, 4) is 5.75 Å². The standard InChI is InChI=1S/C52H69N11O15/c1-4-28(2)43(60-45(71)35(53)22-32-25-54-27-55-32)49(75)59-38(21-31-14-16-34(66)17-15-31)52(78)62-18-8-12-39(62)47(73)57-36(24-42(69)70)46(72)58-37(20-30-10-6-5-7-11-30)51(77)63-19-9-13-40(63)48(74)61-44(29(3)65)50(76)56-33(26-64)23-41(67)68/h5-7,10-11,14-17,25-29,33,35-40,43-44,65-66H,4,8-9,12-13,18-24,53H2,1-3H3,(H,54,55)(H,56,76)(H,57,73)(H,58,72)(H,59,75)(H,60,71)(H,61,74)(H,67,68)(H,69,70)/t28-,29+,33-,35-,36-,37-,38-,39-,40-,43-,44-/m0/s1. The molecule has 0 spiro atoms. The smallest absolute Gasteiger partial charge is 0.305 e. The number of aliphatic hydroxyl groups excluding tert-OH is 1. The number of hydrogen-bond donors (Lipinski definition) is 12. The maximum Gasteiger partial charge on any atom is 0.305 e. The molecule has 3 aromatic rings. The molecule has 0 unspecified atom stereocenters. The van der Waals surface area contributed by atoms with Crippen LogP contribution in [-0.2, 0) is 72.0 Å². The molecule has 11 atom stereocenters. The summed E-state index contributed by atoms with van der Waals surface area (Å²) in [6.45, 7) is 4.70. The van der Waals surface area contributed by atoms with Crippen LogP contribution in [0.2, 0.25) is 0 Å². The fourth-order valence-corrected chi connectivity index (χ4v) is 9.25. The zero-order chi connectivity index (χ0) is 57.2. The Hall–Kier alpha value is -8.26. The fourth-order valence-electron chi connectivity index (χ4n) is 9.25. The molecule has 0 aliphatic carbocycles. The Morgan fingerprint density at radius 3 is 1.73 bits per heavy atom. The van der Waals surface area contributed by atoms with Crippen molar-refractivity contribution in [2.45, 2.75) is 145 Å². The minimum absolute atomic E-state index is 0.00744. The highest BCUT2D eigenvalue weighted by molar-refractivity contribution is 5.99. The van der Waals surface area contributed by atoms with Gasteiger partial charge in [-0.1, -0.05) is 62.7 Å². The van der Waals surface area contributed by atoms with Crippen molar-refractivity contribution in [3.05, 3.63) is 83.9 Å². The number of nitrogens with one attached hydrogen (secondary N) is 7. The zero-order valence-corrected chi connectivity index (χ0v) is 43.5. The Morgan fingerprint density at radius 2 is 1.22 bits per heavy atom. The van der Waals surface area contributed by atoms with Gasteiger partial charge in [-0.15, -0.1) is 0 Å². The molecule has 8 amide bonds. The third-order valence-corrected chi connectivity index (χ3v) is 13.7. The van der Waals surface area contributed by atoms with Crippen LogP contribution in [0.1, 0.15) is 82.5 Å². The summed E-state index contributed by atoms with van der Waals surface area (Å²) in [5.41, 5.74) is 7.82. The monoisotopic (exact) mass is 1090 g/mol. The highest BCUT2D eigenvalue weighted by Gasteiger charge is 2.43. The summed E-state index contributed by atoms with van der Waals surface area (Å²) in [5, 5.41) is 54.6. The molecule has 5 rings (SSSR count). The largest absolute Gasteiger partial charge is 0.508 e. The van der Waals surface area contributed by atoms with E-state index in [9.17, 15) is 68.1 Å². The number of aromatic hydroxyl groups is 1. The first-order chi connectivity index (χ1) is 37.1. The van der Waals surface area contributed by atoms with Crippen molar-refractivity contribution in [3.63, 3.8) is 0 Å². The Balaban J connectivity index is 1.35. The molecule has 0 radical (unpaired) electrons. The van der Waals surface area contributed by atoms with Crippen LogP contribution in [0.25, 0.3) is 0 Å². The highest BCUT2D eigenvalue weighted by atomic mass is 16.4. The van der Waals surface area contributed by atoms with E-state index < -0.39 is 138 Å². The lowest BCUT2D eigenvalue weighted by Gasteiger charge is -2.32. The van der Waals surface area contributed by atoms with Gasteiger partial charge in [0.1, 0.15) is 54.3 Å². The number of aldehydes is 1. The molecule has 2 saturated heterocycles. The van der Waals surface area contributed by atoms with E-state index in [-0.39, 0.29) is 70.1 Å². The van der Waals surface area contributed by atoms with Gasteiger partial charge in [-0.05, 0) is 61.8 Å². The number of carboxylic acids is 2. The first-order valence-electron chi connectivity index (χ1n) is 25.6. The molecule has 2 aromatic carbocycles. The molecule has 1 aromatic heterocycles. The average molecular weight is 1090 g/mol. The van der Waals surface area contributed by atoms with Crippen LogP contribution in [0, 0.1) is 5.92 Å². The van der Waals surface area contributed by atoms with Gasteiger partial charge in [0.25, 0.3) is 0 Å². The lowest BCUT2D eigenvalue weighted by molar-refractivity contribution is -0.145. The molecule has 2 fully saturated rings. The molecular weight excluding hydrogens is 1020 g/mol. The number of hydrogen-bond acceptors (Lipinski definition) is 15. The number of nitrogens with zero attached hydrogens (tertiary/aromatic N) is 3. The van der Waals surface area contributed by atoms with Crippen molar-refractivity contribution in [2.24, 2.45) is 11.7 Å². The number of likely N-dealkylation sites (tertiary alicyclic amines) is 2. The average Bonchev–Trinajstić information content (AvgIpc) is 4.25. The van der Waals surface area contributed by atoms with Gasteiger partial charge in [0.05, 0.1) is 37.4 Å². The summed E-state index contributed by atoms with van der Waals surface area (Å²) in [6, 6.07) is 1.59. The first kappa shape index (κ1) is 60.6. The van der Waals surface area contributed by atoms with Crippen LogP contribution in [0.15, 0.2) is 67.1 Å². The first-order valence-corrected chi connectivity index (χ1v) is 25.6. The van der Waals surface area contributed by atoms with Crippen LogP contribution >= 0.6 is 0 Å². The van der Waals surface area contributed by atoms with Crippen LogP contribution in [-0.4, -0.2) is 179 Å². The van der Waals surface area contributed by atoms with Crippen molar-refractivity contribution in [1.82, 2.24) is 51.7 Å². The van der Waals surface area contributed by atoms with Crippen molar-refractivity contribution < 1.29 is 73.2 Å². The third kappa shape index (κ3) is 17.1. The number of aliphatic hydroxyl groups is 1. The molecule has 0 saturated carbocycles. The summed E-state index contributed by atoms with van der Waals surface area (Å²) in [7, 11) is 0. The van der Waals surface area contributed by atoms with Gasteiger partial charge in [0, 0.05) is 44.2 Å². The number of nitrogens with two attached hydrogens (primary N) is 1. The van der Waals surface area contributed by atoms with E-state index in [4.69, 9.17) is 10.8 Å². The van der Waals surface area contributed by atoms with Gasteiger partial charge in [-0.2, -0.15) is 0 Å². The predicted octanol–water partition coefficient (Wildman–Crippen LogP) is -2.06. The zero-order valence-electron chi connectivity index (χ0n) is 43.5. The van der Waals surface area contributed by atoms with E-state index in [0.29, 0.717) is 23.2 Å². The minimum atomic E-state index is -1.83. The maximum atomic E-state index is 14.7. The van der Waals surface area contributed by atoms with Gasteiger partial charge < -0.3 is 77.6 Å². The Bertz CT molecular complexity index is 2600. The van der Waals surface area contributed by atoms with E-state index in [1.165, 1.54) is 48.6 Å². The maximum absolute atomic E-state index is 14.7. The Morgan fingerprint density at radius 1 is 0.679 bits per heavy atom. The normalized spacial score (nSPS) is 18.5. The van der Waals surface area contributed by atoms with Crippen molar-refractivity contribution in [2.75, 3.05) is 13.1 Å². The van der Waals surface area contributed by atoms with Crippen LogP contribution in [0.5, 0.6) is 5.75 Å². The summed E-state index contributed by atoms with van der Waals surface area (Å²) >= 11 is 0. The fraction of sp³-hybridized carbons (Fsp3) is 0.500. The number of aromatic amines is 1. The SMILES string of the molecule is CC[C@H](C)[C@H](NC(=O)[C@@H](N)Cc1cnc[nH]1)C(=O)N[C@@H](Cc1ccc(O)cc1)C(=O)N1CCC[C@H]1C(=O)N[C@@H](CC(=O)O)C(=O)N[C@@H](Cc1ccccc1)C(=O)N1CCC[C@H]1C(=O)N[C@H](C(=O)N[C@H](C=O)CC(=O)O)[C@@H](C)O. The van der Waals surface area contributed by atoms with E-state index in [0.717, 1.165) is 4.90 Å². The number of carbonyl (C=O) groups is 11. The van der Waals surface area contributed by atoms with E-state index in [1.807, 2.05) is 6.92 Å². The number of carbonyl (C=O) groups excluding carboxylic acids is 9. The van der Waals surface area contributed by atoms with Gasteiger partial charge in [-0.3, -0.25) is 47.9 Å². The molecule has 13 N–H and O–H groups in total. The van der Waals surface area contributed by atoms with Crippen LogP contribution in [0.4, 0.5) is 0 Å². The second-order valence-corrected chi connectivity index (χ2v) is 19.6. The highest BCUT2D eigenvalue weighted by Crippen LogP contribution is 2.23. The number of aliphatic carboxylic acids is 2. The van der Waals surface area contributed by atoms with Gasteiger partial charge >= 0.3 is 11.9 Å². The second-order valence-electron chi connectivity index (χ2n) is 19.6. The number of rotatable bonds is 28. The Kier molecular flexibility index (Phi) is 22.3. The predicted molar refractivity (Wildman–Crippen MR) is 275 cm³/mol. The Labute approximate surface area is 449 Å². The number of imidazole rings is 1. The lowest BCUT2D eigenvalue weighted by atomic mass is 9.96. The number of aromatic nitrogens is 2. The van der Waals surface area contributed by atoms with Crippen molar-refractivity contribution >= 4 is 65.5 Å². The molecule has 2 aliphatic heterocycles. The van der Waals surface area contributed by atoms with E-state index in [2.05, 4.69) is 41.9 Å². The molecule has 26 nitrogen and oxygen atoms in total. The number of amides is 8. The van der Waals surface area contributed by atoms with Crippen LogP contribution in [0.3, 0.4) is 0 Å². The quantitative estimate of drug-likeness (QED) is 0.0348. The molecule has 422 valence electrons. The van der Waals surface area contributed by atoms with E-state index >= 15 is 0 Å². The number of phenolic OH excluding ortho intramolecular Hbond substituents is 1. The molecule has 3 heterocycles. The molecular formula is C52H69N11O15. The van der Waals surface area contributed by atoms with Crippen LogP contribution < -0.4 is 37.6 Å². The molecule has 0 bridgehead atoms. The lowest BCUT2D eigenvalue weighted by Crippen LogP contribution is -2.61. The minimum Gasteiger partial charge on any atom is -0.508 e.